The van der Waals surface area contributed by atoms with E-state index >= 15 is 0 Å². The molecule has 1 heterocycles. The molecule has 0 fully saturated rings. The average molecular weight is 297 g/mol. The van der Waals surface area contributed by atoms with E-state index < -0.39 is 0 Å². The lowest BCUT2D eigenvalue weighted by Crippen LogP contribution is -2.25. The monoisotopic (exact) mass is 296 g/mol. The Hall–Kier alpha value is -0.380. The number of hydrogen-bond donors (Lipinski definition) is 2. The van der Waals surface area contributed by atoms with Crippen LogP contribution in [0.1, 0.15) is 57.4 Å². The molecule has 1 unspecified atom stereocenters. The van der Waals surface area contributed by atoms with Crippen LogP contribution in [0.2, 0.25) is 0 Å². The fourth-order valence-electron chi connectivity index (χ4n) is 2.72. The molecule has 0 aliphatic heterocycles. The van der Waals surface area contributed by atoms with Crippen molar-refractivity contribution < 1.29 is 0 Å². The van der Waals surface area contributed by atoms with Crippen molar-refractivity contribution >= 4 is 11.3 Å². The van der Waals surface area contributed by atoms with Gasteiger partial charge in [-0.15, -0.1) is 11.3 Å². The molecule has 1 aromatic heterocycles. The Morgan fingerprint density at radius 3 is 2.65 bits per heavy atom. The standard InChI is InChI=1S/C17H32N2S/c1-5-14-9-12-20-16(14)13-19-11-6-7-15(8-10-18)17(2,3)4/h9,12,15,19H,5-8,10-11,13,18H2,1-4H3. The van der Waals surface area contributed by atoms with Crippen molar-refractivity contribution in [2.75, 3.05) is 13.1 Å². The second kappa shape index (κ2) is 8.81. The molecule has 1 aromatic rings. The van der Waals surface area contributed by atoms with Crippen molar-refractivity contribution in [1.82, 2.24) is 5.32 Å². The van der Waals surface area contributed by atoms with Gasteiger partial charge in [-0.25, -0.2) is 0 Å². The molecule has 3 heteroatoms. The highest BCUT2D eigenvalue weighted by atomic mass is 32.1. The Morgan fingerprint density at radius 1 is 1.30 bits per heavy atom. The Morgan fingerprint density at radius 2 is 2.05 bits per heavy atom. The molecular weight excluding hydrogens is 264 g/mol. The van der Waals surface area contributed by atoms with E-state index in [2.05, 4.69) is 44.5 Å². The van der Waals surface area contributed by atoms with Gasteiger partial charge in [-0.3, -0.25) is 0 Å². The summed E-state index contributed by atoms with van der Waals surface area (Å²) >= 11 is 1.87. The van der Waals surface area contributed by atoms with Gasteiger partial charge >= 0.3 is 0 Å². The van der Waals surface area contributed by atoms with Crippen LogP contribution in [0.5, 0.6) is 0 Å². The summed E-state index contributed by atoms with van der Waals surface area (Å²) in [5.41, 5.74) is 7.61. The van der Waals surface area contributed by atoms with E-state index in [0.29, 0.717) is 5.41 Å². The van der Waals surface area contributed by atoms with Crippen molar-refractivity contribution in [1.29, 1.82) is 0 Å². The summed E-state index contributed by atoms with van der Waals surface area (Å²) in [6.07, 6.45) is 4.81. The topological polar surface area (TPSA) is 38.0 Å². The first-order valence-electron chi connectivity index (χ1n) is 7.95. The maximum absolute atomic E-state index is 5.74. The van der Waals surface area contributed by atoms with Crippen LogP contribution >= 0.6 is 11.3 Å². The summed E-state index contributed by atoms with van der Waals surface area (Å²) in [6, 6.07) is 2.25. The molecule has 0 saturated carbocycles. The molecule has 0 aromatic carbocycles. The summed E-state index contributed by atoms with van der Waals surface area (Å²) in [7, 11) is 0. The molecule has 0 aliphatic carbocycles. The molecule has 2 nitrogen and oxygen atoms in total. The summed E-state index contributed by atoms with van der Waals surface area (Å²) in [4.78, 5) is 1.50. The quantitative estimate of drug-likeness (QED) is 0.671. The van der Waals surface area contributed by atoms with E-state index in [4.69, 9.17) is 5.73 Å². The lowest BCUT2D eigenvalue weighted by atomic mass is 9.76. The van der Waals surface area contributed by atoms with Crippen molar-refractivity contribution in [2.24, 2.45) is 17.1 Å². The minimum Gasteiger partial charge on any atom is -0.330 e. The number of hydrogen-bond acceptors (Lipinski definition) is 3. The molecule has 0 saturated heterocycles. The summed E-state index contributed by atoms with van der Waals surface area (Å²) in [5, 5.41) is 5.79. The third-order valence-electron chi connectivity index (χ3n) is 4.15. The van der Waals surface area contributed by atoms with Crippen LogP contribution in [0.15, 0.2) is 11.4 Å². The van der Waals surface area contributed by atoms with Gasteiger partial charge in [-0.2, -0.15) is 0 Å². The molecule has 0 aliphatic rings. The second-order valence-corrected chi connectivity index (χ2v) is 7.68. The molecule has 0 bridgehead atoms. The highest BCUT2D eigenvalue weighted by Gasteiger charge is 2.22. The van der Waals surface area contributed by atoms with Gasteiger partial charge in [0.2, 0.25) is 0 Å². The fraction of sp³-hybridized carbons (Fsp3) is 0.765. The van der Waals surface area contributed by atoms with Crippen LogP contribution in [0.3, 0.4) is 0 Å². The van der Waals surface area contributed by atoms with Crippen LogP contribution in [0.25, 0.3) is 0 Å². The minimum absolute atomic E-state index is 0.377. The number of rotatable bonds is 9. The number of aryl methyl sites for hydroxylation is 1. The van der Waals surface area contributed by atoms with Crippen LogP contribution in [0.4, 0.5) is 0 Å². The van der Waals surface area contributed by atoms with E-state index in [9.17, 15) is 0 Å². The summed E-state index contributed by atoms with van der Waals surface area (Å²) < 4.78 is 0. The van der Waals surface area contributed by atoms with Gasteiger partial charge in [-0.1, -0.05) is 27.7 Å². The Labute approximate surface area is 129 Å². The third-order valence-corrected chi connectivity index (χ3v) is 5.11. The lowest BCUT2D eigenvalue weighted by Gasteiger charge is -2.30. The van der Waals surface area contributed by atoms with Gasteiger partial charge < -0.3 is 11.1 Å². The SMILES string of the molecule is CCc1ccsc1CNCCCC(CCN)C(C)(C)C. The Kier molecular flexibility index (Phi) is 7.78. The van der Waals surface area contributed by atoms with Crippen molar-refractivity contribution in [3.8, 4) is 0 Å². The van der Waals surface area contributed by atoms with Gasteiger partial charge in [0.05, 0.1) is 0 Å². The highest BCUT2D eigenvalue weighted by Crippen LogP contribution is 2.31. The number of nitrogens with two attached hydrogens (primary N) is 1. The van der Waals surface area contributed by atoms with Crippen LogP contribution < -0.4 is 11.1 Å². The van der Waals surface area contributed by atoms with Crippen LogP contribution in [-0.2, 0) is 13.0 Å². The smallest absolute Gasteiger partial charge is 0.0302 e. The van der Waals surface area contributed by atoms with E-state index in [1.807, 2.05) is 11.3 Å². The van der Waals surface area contributed by atoms with Crippen LogP contribution in [-0.4, -0.2) is 13.1 Å². The normalized spacial score (nSPS) is 13.7. The van der Waals surface area contributed by atoms with Gasteiger partial charge in [0.25, 0.3) is 0 Å². The number of thiophene rings is 1. The predicted molar refractivity (Wildman–Crippen MR) is 91.3 cm³/mol. The van der Waals surface area contributed by atoms with Crippen LogP contribution in [0, 0.1) is 11.3 Å². The highest BCUT2D eigenvalue weighted by molar-refractivity contribution is 7.10. The zero-order chi connectivity index (χ0) is 15.0. The molecular formula is C17H32N2S. The fourth-order valence-corrected chi connectivity index (χ4v) is 3.67. The molecule has 0 amide bonds. The van der Waals surface area contributed by atoms with Gasteiger partial charge in [0.1, 0.15) is 0 Å². The first kappa shape index (κ1) is 17.7. The van der Waals surface area contributed by atoms with Gasteiger partial charge in [0.15, 0.2) is 0 Å². The van der Waals surface area contributed by atoms with Crippen molar-refractivity contribution in [2.45, 2.75) is 59.9 Å². The lowest BCUT2D eigenvalue weighted by molar-refractivity contribution is 0.210. The third kappa shape index (κ3) is 5.94. The average Bonchev–Trinajstić information content (AvgIpc) is 2.83. The van der Waals surface area contributed by atoms with E-state index in [1.165, 1.54) is 23.3 Å². The van der Waals surface area contributed by atoms with Crippen molar-refractivity contribution in [3.05, 3.63) is 21.9 Å². The summed E-state index contributed by atoms with van der Waals surface area (Å²) in [5.74, 6) is 0.738. The molecule has 3 N–H and O–H groups in total. The summed E-state index contributed by atoms with van der Waals surface area (Å²) in [6.45, 7) is 12.2. The zero-order valence-corrected chi connectivity index (χ0v) is 14.5. The maximum Gasteiger partial charge on any atom is 0.0302 e. The Balaban J connectivity index is 2.24. The Bertz CT molecular complexity index is 365. The van der Waals surface area contributed by atoms with E-state index in [1.54, 1.807) is 0 Å². The van der Waals surface area contributed by atoms with E-state index in [0.717, 1.165) is 38.4 Å². The minimum atomic E-state index is 0.377. The molecule has 0 spiro atoms. The molecule has 20 heavy (non-hydrogen) atoms. The first-order valence-corrected chi connectivity index (χ1v) is 8.83. The molecule has 1 atom stereocenters. The first-order chi connectivity index (χ1) is 9.49. The molecule has 0 radical (unpaired) electrons. The number of nitrogens with one attached hydrogen (secondary N) is 1. The maximum atomic E-state index is 5.74. The molecule has 1 rings (SSSR count). The van der Waals surface area contributed by atoms with Crippen molar-refractivity contribution in [3.63, 3.8) is 0 Å². The van der Waals surface area contributed by atoms with Gasteiger partial charge in [0, 0.05) is 11.4 Å². The zero-order valence-electron chi connectivity index (χ0n) is 13.7. The van der Waals surface area contributed by atoms with E-state index in [-0.39, 0.29) is 0 Å². The predicted octanol–water partition coefficient (Wildman–Crippen LogP) is 4.19. The largest absolute Gasteiger partial charge is 0.330 e. The van der Waals surface area contributed by atoms with Gasteiger partial charge in [-0.05, 0) is 67.1 Å². The second-order valence-electron chi connectivity index (χ2n) is 6.68. The molecule has 116 valence electrons.